The van der Waals surface area contributed by atoms with E-state index >= 15 is 0 Å². The third-order valence-electron chi connectivity index (χ3n) is 4.77. The Morgan fingerprint density at radius 2 is 1.95 bits per heavy atom. The van der Waals surface area contributed by atoms with Gasteiger partial charge in [-0.3, -0.25) is 4.79 Å². The first-order valence-electron chi connectivity index (χ1n) is 8.31. The minimum Gasteiger partial charge on any atom is -0.368 e. The average molecular weight is 283 g/mol. The molecule has 0 aromatic rings. The van der Waals surface area contributed by atoms with Crippen LogP contribution in [0.5, 0.6) is 0 Å². The van der Waals surface area contributed by atoms with E-state index in [4.69, 9.17) is 5.73 Å². The molecule has 0 aliphatic heterocycles. The maximum Gasteiger partial charge on any atom is 0.234 e. The van der Waals surface area contributed by atoms with Crippen molar-refractivity contribution in [2.75, 3.05) is 20.1 Å². The molecule has 1 unspecified atom stereocenters. The molecule has 1 rings (SSSR count). The van der Waals surface area contributed by atoms with E-state index in [2.05, 4.69) is 31.1 Å². The zero-order valence-corrected chi connectivity index (χ0v) is 13.5. The number of nitrogens with two attached hydrogens (primary N) is 1. The predicted octanol–water partition coefficient (Wildman–Crippen LogP) is 2.13. The minimum atomic E-state index is -0.221. The molecule has 1 atom stereocenters. The maximum absolute atomic E-state index is 11.4. The molecule has 4 nitrogen and oxygen atoms in total. The number of rotatable bonds is 9. The second kappa shape index (κ2) is 9.35. The summed E-state index contributed by atoms with van der Waals surface area (Å²) in [7, 11) is 2.19. The number of hydrogen-bond acceptors (Lipinski definition) is 3. The van der Waals surface area contributed by atoms with Crippen LogP contribution in [0, 0.1) is 5.92 Å². The molecule has 118 valence electrons. The number of hydrogen-bond donors (Lipinski definition) is 2. The summed E-state index contributed by atoms with van der Waals surface area (Å²) in [6.45, 7) is 6.21. The lowest BCUT2D eigenvalue weighted by Gasteiger charge is -2.35. The quantitative estimate of drug-likeness (QED) is 0.681. The predicted molar refractivity (Wildman–Crippen MR) is 84.6 cm³/mol. The maximum atomic E-state index is 11.4. The summed E-state index contributed by atoms with van der Waals surface area (Å²) in [4.78, 5) is 13.8. The van der Waals surface area contributed by atoms with Crippen LogP contribution >= 0.6 is 0 Å². The van der Waals surface area contributed by atoms with Crippen LogP contribution in [0.2, 0.25) is 0 Å². The smallest absolute Gasteiger partial charge is 0.234 e. The fourth-order valence-electron chi connectivity index (χ4n) is 3.17. The first-order chi connectivity index (χ1) is 9.58. The van der Waals surface area contributed by atoms with Gasteiger partial charge in [0.05, 0.1) is 6.04 Å². The molecule has 4 heteroatoms. The molecule has 3 N–H and O–H groups in total. The van der Waals surface area contributed by atoms with E-state index in [1.165, 1.54) is 32.1 Å². The van der Waals surface area contributed by atoms with Crippen molar-refractivity contribution in [1.29, 1.82) is 0 Å². The molecule has 0 aromatic carbocycles. The molecule has 0 aromatic heterocycles. The summed E-state index contributed by atoms with van der Waals surface area (Å²) < 4.78 is 0. The lowest BCUT2D eigenvalue weighted by atomic mass is 9.84. The molecular weight excluding hydrogens is 250 g/mol. The van der Waals surface area contributed by atoms with Crippen molar-refractivity contribution in [3.05, 3.63) is 0 Å². The van der Waals surface area contributed by atoms with Crippen molar-refractivity contribution in [1.82, 2.24) is 10.2 Å². The lowest BCUT2D eigenvalue weighted by molar-refractivity contribution is -0.120. The Morgan fingerprint density at radius 3 is 2.45 bits per heavy atom. The van der Waals surface area contributed by atoms with Crippen LogP contribution in [0.4, 0.5) is 0 Å². The van der Waals surface area contributed by atoms with Crippen LogP contribution in [0.3, 0.4) is 0 Å². The van der Waals surface area contributed by atoms with Crippen molar-refractivity contribution < 1.29 is 4.79 Å². The molecule has 1 aliphatic rings. The van der Waals surface area contributed by atoms with Crippen molar-refractivity contribution >= 4 is 5.91 Å². The minimum absolute atomic E-state index is 0.176. The highest BCUT2D eigenvalue weighted by atomic mass is 16.1. The van der Waals surface area contributed by atoms with Gasteiger partial charge in [-0.15, -0.1) is 0 Å². The molecule has 1 aliphatic carbocycles. The normalized spacial score (nSPS) is 24.8. The van der Waals surface area contributed by atoms with Gasteiger partial charge < -0.3 is 16.0 Å². The van der Waals surface area contributed by atoms with E-state index in [-0.39, 0.29) is 11.9 Å². The summed E-state index contributed by atoms with van der Waals surface area (Å²) in [6, 6.07) is 0.516. The Balaban J connectivity index is 2.30. The van der Waals surface area contributed by atoms with Gasteiger partial charge in [0.1, 0.15) is 0 Å². The monoisotopic (exact) mass is 283 g/mol. The summed E-state index contributed by atoms with van der Waals surface area (Å²) >= 11 is 0. The van der Waals surface area contributed by atoms with Crippen LogP contribution in [-0.2, 0) is 4.79 Å². The number of carbonyl (C=O) groups is 1. The van der Waals surface area contributed by atoms with Gasteiger partial charge in [0.15, 0.2) is 0 Å². The molecule has 1 saturated carbocycles. The van der Waals surface area contributed by atoms with Gasteiger partial charge in [0.25, 0.3) is 0 Å². The molecule has 0 bridgehead atoms. The molecule has 20 heavy (non-hydrogen) atoms. The van der Waals surface area contributed by atoms with Gasteiger partial charge in [0.2, 0.25) is 5.91 Å². The fourth-order valence-corrected chi connectivity index (χ4v) is 3.17. The third kappa shape index (κ3) is 5.80. The second-order valence-electron chi connectivity index (χ2n) is 6.26. The Kier molecular flexibility index (Phi) is 8.15. The van der Waals surface area contributed by atoms with Gasteiger partial charge in [-0.25, -0.2) is 0 Å². The average Bonchev–Trinajstić information content (AvgIpc) is 2.46. The second-order valence-corrected chi connectivity index (χ2v) is 6.26. The fraction of sp³-hybridized carbons (Fsp3) is 0.938. The van der Waals surface area contributed by atoms with Crippen molar-refractivity contribution in [3.63, 3.8) is 0 Å². The number of amides is 1. The van der Waals surface area contributed by atoms with Crippen molar-refractivity contribution in [2.24, 2.45) is 11.7 Å². The van der Waals surface area contributed by atoms with Crippen LogP contribution in [0.15, 0.2) is 0 Å². The third-order valence-corrected chi connectivity index (χ3v) is 4.77. The van der Waals surface area contributed by atoms with Crippen LogP contribution < -0.4 is 11.1 Å². The molecule has 1 amide bonds. The Morgan fingerprint density at radius 1 is 1.30 bits per heavy atom. The SMILES string of the molecule is CCCNC(CCN(C)C1CCC(CC)CC1)C(N)=O. The van der Waals surface area contributed by atoms with Gasteiger partial charge >= 0.3 is 0 Å². The molecule has 0 radical (unpaired) electrons. The number of primary amides is 1. The number of carbonyl (C=O) groups excluding carboxylic acids is 1. The molecular formula is C16H33N3O. The molecule has 0 spiro atoms. The highest BCUT2D eigenvalue weighted by Gasteiger charge is 2.24. The van der Waals surface area contributed by atoms with Crippen LogP contribution in [0.1, 0.15) is 58.8 Å². The van der Waals surface area contributed by atoms with Gasteiger partial charge in [-0.1, -0.05) is 20.3 Å². The highest BCUT2D eigenvalue weighted by Crippen LogP contribution is 2.28. The summed E-state index contributed by atoms with van der Waals surface area (Å²) in [5.41, 5.74) is 5.46. The van der Waals surface area contributed by atoms with E-state index in [1.54, 1.807) is 0 Å². The van der Waals surface area contributed by atoms with E-state index in [0.717, 1.165) is 31.8 Å². The first kappa shape index (κ1) is 17.4. The van der Waals surface area contributed by atoms with E-state index in [1.807, 2.05) is 0 Å². The Bertz CT molecular complexity index is 275. The zero-order valence-electron chi connectivity index (χ0n) is 13.5. The molecule has 0 saturated heterocycles. The van der Waals surface area contributed by atoms with E-state index < -0.39 is 0 Å². The summed E-state index contributed by atoms with van der Waals surface area (Å²) in [6.07, 6.45) is 8.50. The van der Waals surface area contributed by atoms with Gasteiger partial charge in [-0.2, -0.15) is 0 Å². The van der Waals surface area contributed by atoms with Crippen LogP contribution in [-0.4, -0.2) is 43.0 Å². The topological polar surface area (TPSA) is 58.4 Å². The number of nitrogens with one attached hydrogen (secondary N) is 1. The van der Waals surface area contributed by atoms with Crippen molar-refractivity contribution in [2.45, 2.75) is 70.9 Å². The highest BCUT2D eigenvalue weighted by molar-refractivity contribution is 5.79. The summed E-state index contributed by atoms with van der Waals surface area (Å²) in [5, 5.41) is 3.24. The van der Waals surface area contributed by atoms with Gasteiger partial charge in [0, 0.05) is 12.6 Å². The van der Waals surface area contributed by atoms with E-state index in [0.29, 0.717) is 6.04 Å². The lowest BCUT2D eigenvalue weighted by Crippen LogP contribution is -2.45. The largest absolute Gasteiger partial charge is 0.368 e. The number of nitrogens with zero attached hydrogens (tertiary/aromatic N) is 1. The first-order valence-corrected chi connectivity index (χ1v) is 8.31. The standard InChI is InChI=1S/C16H33N3O/c1-4-11-18-15(16(17)20)10-12-19(3)14-8-6-13(5-2)7-9-14/h13-15,18H,4-12H2,1-3H3,(H2,17,20). The zero-order chi connectivity index (χ0) is 15.0. The Hall–Kier alpha value is -0.610. The van der Waals surface area contributed by atoms with Crippen LogP contribution in [0.25, 0.3) is 0 Å². The summed E-state index contributed by atoms with van der Waals surface area (Å²) in [5.74, 6) is 0.714. The van der Waals surface area contributed by atoms with E-state index in [9.17, 15) is 4.79 Å². The van der Waals surface area contributed by atoms with Gasteiger partial charge in [-0.05, 0) is 58.0 Å². The molecule has 1 fully saturated rings. The van der Waals surface area contributed by atoms with Crippen molar-refractivity contribution in [3.8, 4) is 0 Å². The molecule has 0 heterocycles. The Labute approximate surface area is 124 Å².